The standard InChI is InChI=1S/C16H23N3O5S/c1-10-7-11(2)14(12(3)8-10)25(22,23)19-5-6-24-13(19)9-18-16(21)15(20)17-4/h7-8,13H,5-6,9H2,1-4H3,(H,17,20)(H,18,21)/t13-/m0/s1. The molecule has 1 aromatic rings. The number of hydrogen-bond donors (Lipinski definition) is 2. The first kappa shape index (κ1) is 19.4. The van der Waals surface area contributed by atoms with E-state index in [1.54, 1.807) is 13.8 Å². The van der Waals surface area contributed by atoms with Crippen molar-refractivity contribution in [3.8, 4) is 0 Å². The minimum absolute atomic E-state index is 0.102. The van der Waals surface area contributed by atoms with Crippen LogP contribution in [0.3, 0.4) is 0 Å². The van der Waals surface area contributed by atoms with Gasteiger partial charge in [-0.05, 0) is 31.9 Å². The van der Waals surface area contributed by atoms with Gasteiger partial charge in [-0.3, -0.25) is 9.59 Å². The smallest absolute Gasteiger partial charge is 0.309 e. The zero-order chi connectivity index (χ0) is 18.8. The lowest BCUT2D eigenvalue weighted by molar-refractivity contribution is -0.139. The molecular formula is C16H23N3O5S. The maximum Gasteiger partial charge on any atom is 0.309 e. The van der Waals surface area contributed by atoms with Crippen LogP contribution in [0, 0.1) is 20.8 Å². The van der Waals surface area contributed by atoms with Gasteiger partial charge in [0.2, 0.25) is 10.0 Å². The van der Waals surface area contributed by atoms with Crippen LogP contribution in [-0.4, -0.2) is 57.5 Å². The molecule has 2 N–H and O–H groups in total. The number of nitrogens with one attached hydrogen (secondary N) is 2. The molecule has 1 fully saturated rings. The highest BCUT2D eigenvalue weighted by molar-refractivity contribution is 7.89. The fourth-order valence-electron chi connectivity index (χ4n) is 3.01. The largest absolute Gasteiger partial charge is 0.359 e. The first-order chi connectivity index (χ1) is 11.7. The molecule has 138 valence electrons. The molecule has 0 bridgehead atoms. The third kappa shape index (κ3) is 4.00. The minimum atomic E-state index is -3.78. The molecule has 0 aromatic heterocycles. The number of carbonyl (C=O) groups is 2. The van der Waals surface area contributed by atoms with Gasteiger partial charge in [0.25, 0.3) is 0 Å². The second-order valence-corrected chi connectivity index (χ2v) is 7.79. The molecule has 2 amide bonds. The number of carbonyl (C=O) groups excluding carboxylic acids is 2. The molecule has 2 rings (SSSR count). The lowest BCUT2D eigenvalue weighted by Crippen LogP contribution is -2.47. The SMILES string of the molecule is CNC(=O)C(=O)NC[C@@H]1OCCN1S(=O)(=O)c1c(C)cc(C)cc1C. The molecule has 0 unspecified atom stereocenters. The number of sulfonamides is 1. The Labute approximate surface area is 147 Å². The molecule has 1 heterocycles. The summed E-state index contributed by atoms with van der Waals surface area (Å²) >= 11 is 0. The minimum Gasteiger partial charge on any atom is -0.359 e. The zero-order valence-electron chi connectivity index (χ0n) is 14.8. The molecule has 1 aliphatic rings. The lowest BCUT2D eigenvalue weighted by atomic mass is 10.1. The number of nitrogens with zero attached hydrogens (tertiary/aromatic N) is 1. The monoisotopic (exact) mass is 369 g/mol. The molecule has 25 heavy (non-hydrogen) atoms. The van der Waals surface area contributed by atoms with Crippen LogP contribution in [0.15, 0.2) is 17.0 Å². The third-order valence-corrected chi connectivity index (χ3v) is 6.18. The Bertz CT molecular complexity index is 768. The van der Waals surface area contributed by atoms with E-state index in [2.05, 4.69) is 10.6 Å². The number of rotatable bonds is 4. The average Bonchev–Trinajstić information content (AvgIpc) is 2.99. The van der Waals surface area contributed by atoms with Gasteiger partial charge in [0, 0.05) is 13.6 Å². The second-order valence-electron chi connectivity index (χ2n) is 5.96. The van der Waals surface area contributed by atoms with Gasteiger partial charge < -0.3 is 15.4 Å². The number of likely N-dealkylation sites (N-methyl/N-ethyl adjacent to an activating group) is 1. The Kier molecular flexibility index (Phi) is 5.81. The highest BCUT2D eigenvalue weighted by atomic mass is 32.2. The van der Waals surface area contributed by atoms with Crippen molar-refractivity contribution in [3.05, 3.63) is 28.8 Å². The van der Waals surface area contributed by atoms with Gasteiger partial charge in [-0.25, -0.2) is 8.42 Å². The van der Waals surface area contributed by atoms with Crippen molar-refractivity contribution < 1.29 is 22.7 Å². The molecule has 0 saturated carbocycles. The number of amides is 2. The average molecular weight is 369 g/mol. The maximum absolute atomic E-state index is 13.1. The Morgan fingerprint density at radius 3 is 2.36 bits per heavy atom. The summed E-state index contributed by atoms with van der Waals surface area (Å²) in [5.74, 6) is -1.63. The van der Waals surface area contributed by atoms with E-state index < -0.39 is 28.1 Å². The Hall–Kier alpha value is -1.97. The van der Waals surface area contributed by atoms with E-state index in [4.69, 9.17) is 4.74 Å². The van der Waals surface area contributed by atoms with E-state index in [9.17, 15) is 18.0 Å². The van der Waals surface area contributed by atoms with Gasteiger partial charge in [0.15, 0.2) is 0 Å². The summed E-state index contributed by atoms with van der Waals surface area (Å²) in [6.07, 6.45) is -0.848. The van der Waals surface area contributed by atoms with Crippen LogP contribution < -0.4 is 10.6 Å². The lowest BCUT2D eigenvalue weighted by Gasteiger charge is -2.24. The topological polar surface area (TPSA) is 105 Å². The van der Waals surface area contributed by atoms with Crippen molar-refractivity contribution >= 4 is 21.8 Å². The number of benzene rings is 1. The highest BCUT2D eigenvalue weighted by Crippen LogP contribution is 2.28. The summed E-state index contributed by atoms with van der Waals surface area (Å²) in [6, 6.07) is 3.64. The summed E-state index contributed by atoms with van der Waals surface area (Å²) in [7, 11) is -2.44. The first-order valence-corrected chi connectivity index (χ1v) is 9.33. The molecule has 8 nitrogen and oxygen atoms in total. The van der Waals surface area contributed by atoms with Crippen molar-refractivity contribution in [2.24, 2.45) is 0 Å². The van der Waals surface area contributed by atoms with E-state index in [1.165, 1.54) is 11.4 Å². The Morgan fingerprint density at radius 2 is 1.80 bits per heavy atom. The van der Waals surface area contributed by atoms with Crippen LogP contribution in [0.1, 0.15) is 16.7 Å². The van der Waals surface area contributed by atoms with E-state index in [-0.39, 0.29) is 24.6 Å². The molecule has 1 aliphatic heterocycles. The predicted molar refractivity (Wildman–Crippen MR) is 91.4 cm³/mol. The predicted octanol–water partition coefficient (Wildman–Crippen LogP) is -0.179. The van der Waals surface area contributed by atoms with E-state index in [0.717, 1.165) is 5.56 Å². The van der Waals surface area contributed by atoms with Gasteiger partial charge >= 0.3 is 11.8 Å². The quantitative estimate of drug-likeness (QED) is 0.717. The van der Waals surface area contributed by atoms with E-state index in [0.29, 0.717) is 11.1 Å². The molecule has 1 atom stereocenters. The number of hydrogen-bond acceptors (Lipinski definition) is 5. The first-order valence-electron chi connectivity index (χ1n) is 7.89. The molecule has 1 aromatic carbocycles. The van der Waals surface area contributed by atoms with Gasteiger partial charge in [-0.2, -0.15) is 4.31 Å². The van der Waals surface area contributed by atoms with Crippen molar-refractivity contribution in [3.63, 3.8) is 0 Å². The van der Waals surface area contributed by atoms with Gasteiger partial charge in [0.1, 0.15) is 6.23 Å². The summed E-state index contributed by atoms with van der Waals surface area (Å²) in [5, 5.41) is 4.59. The summed E-state index contributed by atoms with van der Waals surface area (Å²) < 4.78 is 32.8. The Balaban J connectivity index is 2.24. The van der Waals surface area contributed by atoms with Crippen molar-refractivity contribution in [1.29, 1.82) is 0 Å². The van der Waals surface area contributed by atoms with Crippen LogP contribution in [-0.2, 0) is 24.3 Å². The van der Waals surface area contributed by atoms with Crippen molar-refractivity contribution in [2.45, 2.75) is 31.9 Å². The number of ether oxygens (including phenoxy) is 1. The molecule has 0 spiro atoms. The van der Waals surface area contributed by atoms with Crippen LogP contribution in [0.4, 0.5) is 0 Å². The summed E-state index contributed by atoms with van der Waals surface area (Å²) in [6.45, 7) is 5.74. The highest BCUT2D eigenvalue weighted by Gasteiger charge is 2.38. The van der Waals surface area contributed by atoms with Crippen LogP contribution >= 0.6 is 0 Å². The van der Waals surface area contributed by atoms with Gasteiger partial charge in [-0.15, -0.1) is 0 Å². The number of aryl methyl sites for hydroxylation is 3. The second kappa shape index (κ2) is 7.51. The molecular weight excluding hydrogens is 346 g/mol. The molecule has 0 radical (unpaired) electrons. The van der Waals surface area contributed by atoms with Crippen molar-refractivity contribution in [2.75, 3.05) is 26.7 Å². The van der Waals surface area contributed by atoms with Crippen molar-refractivity contribution in [1.82, 2.24) is 14.9 Å². The normalized spacial score (nSPS) is 18.2. The molecule has 0 aliphatic carbocycles. The summed E-state index contributed by atoms with van der Waals surface area (Å²) in [4.78, 5) is 23.1. The van der Waals surface area contributed by atoms with Gasteiger partial charge in [-0.1, -0.05) is 17.7 Å². The fraction of sp³-hybridized carbons (Fsp3) is 0.500. The fourth-order valence-corrected chi connectivity index (χ4v) is 4.93. The maximum atomic E-state index is 13.1. The van der Waals surface area contributed by atoms with Gasteiger partial charge in [0.05, 0.1) is 18.0 Å². The molecule has 1 saturated heterocycles. The van der Waals surface area contributed by atoms with E-state index >= 15 is 0 Å². The third-order valence-electron chi connectivity index (χ3n) is 3.98. The zero-order valence-corrected chi connectivity index (χ0v) is 15.6. The van der Waals surface area contributed by atoms with E-state index in [1.807, 2.05) is 19.1 Å². The van der Waals surface area contributed by atoms with Crippen LogP contribution in [0.5, 0.6) is 0 Å². The summed E-state index contributed by atoms with van der Waals surface area (Å²) in [5.41, 5.74) is 2.32. The Morgan fingerprint density at radius 1 is 1.20 bits per heavy atom. The van der Waals surface area contributed by atoms with Crippen LogP contribution in [0.25, 0.3) is 0 Å². The van der Waals surface area contributed by atoms with Crippen LogP contribution in [0.2, 0.25) is 0 Å². The molecule has 9 heteroatoms.